The summed E-state index contributed by atoms with van der Waals surface area (Å²) in [7, 11) is 0. The van der Waals surface area contributed by atoms with Crippen LogP contribution < -0.4 is 10.1 Å². The lowest BCUT2D eigenvalue weighted by Crippen LogP contribution is -2.46. The first-order chi connectivity index (χ1) is 13.3. The molecule has 2 aliphatic rings. The van der Waals surface area contributed by atoms with Crippen LogP contribution in [0.3, 0.4) is 0 Å². The number of carbonyl (C=O) groups is 1. The molecule has 7 heteroatoms. The summed E-state index contributed by atoms with van der Waals surface area (Å²) in [4.78, 5) is 14.9. The molecule has 2 aromatic carbocycles. The summed E-state index contributed by atoms with van der Waals surface area (Å²) in [5, 5.41) is 2.93. The first-order valence-corrected chi connectivity index (χ1v) is 9.35. The van der Waals surface area contributed by atoms with E-state index in [2.05, 4.69) is 10.2 Å². The Morgan fingerprint density at radius 1 is 1.04 bits per heavy atom. The Hall–Kier alpha value is -2.12. The number of halogens is 1. The van der Waals surface area contributed by atoms with Crippen molar-refractivity contribution in [3.8, 4) is 5.75 Å². The Bertz CT molecular complexity index is 768. The summed E-state index contributed by atoms with van der Waals surface area (Å²) in [5.41, 5.74) is 1.93. The molecular weight excluding hydrogens is 380 g/mol. The van der Waals surface area contributed by atoms with Crippen molar-refractivity contribution in [1.82, 2.24) is 10.2 Å². The first-order valence-electron chi connectivity index (χ1n) is 9.35. The third-order valence-corrected chi connectivity index (χ3v) is 4.84. The summed E-state index contributed by atoms with van der Waals surface area (Å²) in [6.07, 6.45) is -1.29. The monoisotopic (exact) mass is 404 g/mol. The largest absolute Gasteiger partial charge is 0.455 e. The van der Waals surface area contributed by atoms with Gasteiger partial charge in [0.25, 0.3) is 12.2 Å². The number of ether oxygens (including phenoxy) is 3. The van der Waals surface area contributed by atoms with Gasteiger partial charge in [-0.2, -0.15) is 0 Å². The van der Waals surface area contributed by atoms with Gasteiger partial charge in [-0.25, -0.2) is 0 Å². The lowest BCUT2D eigenvalue weighted by atomic mass is 9.99. The molecule has 1 N–H and O–H groups in total. The fraction of sp³-hybridized carbons (Fsp3) is 0.381. The van der Waals surface area contributed by atoms with Crippen LogP contribution >= 0.6 is 12.4 Å². The summed E-state index contributed by atoms with van der Waals surface area (Å²) in [6.45, 7) is 4.64. The molecule has 0 saturated carbocycles. The number of carbonyl (C=O) groups excluding carboxylic acids is 1. The highest BCUT2D eigenvalue weighted by atomic mass is 35.5. The van der Waals surface area contributed by atoms with Crippen molar-refractivity contribution in [3.05, 3.63) is 65.7 Å². The Balaban J connectivity index is 0.00000225. The van der Waals surface area contributed by atoms with E-state index in [0.29, 0.717) is 12.3 Å². The van der Waals surface area contributed by atoms with Crippen LogP contribution in [-0.4, -0.2) is 56.5 Å². The van der Waals surface area contributed by atoms with Crippen LogP contribution in [0.4, 0.5) is 0 Å². The molecule has 2 heterocycles. The maximum atomic E-state index is 12.6. The van der Waals surface area contributed by atoms with Crippen LogP contribution in [0.5, 0.6) is 5.75 Å². The van der Waals surface area contributed by atoms with E-state index in [-0.39, 0.29) is 24.4 Å². The zero-order valence-corrected chi connectivity index (χ0v) is 16.4. The predicted molar refractivity (Wildman–Crippen MR) is 108 cm³/mol. The van der Waals surface area contributed by atoms with Crippen molar-refractivity contribution in [3.63, 3.8) is 0 Å². The molecule has 2 aliphatic heterocycles. The summed E-state index contributed by atoms with van der Waals surface area (Å²) >= 11 is 0. The number of nitrogens with one attached hydrogen (secondary N) is 1. The second-order valence-corrected chi connectivity index (χ2v) is 6.66. The van der Waals surface area contributed by atoms with Gasteiger partial charge in [-0.1, -0.05) is 48.5 Å². The van der Waals surface area contributed by atoms with Crippen LogP contribution in [0.25, 0.3) is 0 Å². The molecule has 1 amide bonds. The second kappa shape index (κ2) is 9.89. The van der Waals surface area contributed by atoms with E-state index >= 15 is 0 Å². The first kappa shape index (κ1) is 20.6. The topological polar surface area (TPSA) is 60.0 Å². The maximum absolute atomic E-state index is 12.6. The highest BCUT2D eigenvalue weighted by Crippen LogP contribution is 2.38. The minimum absolute atomic E-state index is 0. The lowest BCUT2D eigenvalue weighted by molar-refractivity contribution is -0.166. The normalized spacial score (nSPS) is 21.7. The van der Waals surface area contributed by atoms with E-state index in [0.717, 1.165) is 44.0 Å². The van der Waals surface area contributed by atoms with Gasteiger partial charge in [-0.05, 0) is 11.6 Å². The average molecular weight is 405 g/mol. The molecule has 0 spiro atoms. The summed E-state index contributed by atoms with van der Waals surface area (Å²) in [5.74, 6) is 0.435. The quantitative estimate of drug-likeness (QED) is 0.829. The van der Waals surface area contributed by atoms with Crippen LogP contribution in [0.1, 0.15) is 17.2 Å². The fourth-order valence-corrected chi connectivity index (χ4v) is 3.39. The molecule has 0 unspecified atom stereocenters. The van der Waals surface area contributed by atoms with Gasteiger partial charge in [-0.15, -0.1) is 12.4 Å². The number of amides is 1. The van der Waals surface area contributed by atoms with Gasteiger partial charge in [0.15, 0.2) is 0 Å². The lowest BCUT2D eigenvalue weighted by Gasteiger charge is -2.32. The van der Waals surface area contributed by atoms with Crippen LogP contribution in [-0.2, 0) is 14.3 Å². The third kappa shape index (κ3) is 4.83. The van der Waals surface area contributed by atoms with E-state index in [1.54, 1.807) is 0 Å². The van der Waals surface area contributed by atoms with Crippen molar-refractivity contribution in [2.75, 3.05) is 39.4 Å². The molecular formula is C21H25ClN2O4. The molecule has 4 rings (SSSR count). The summed E-state index contributed by atoms with van der Waals surface area (Å²) in [6, 6.07) is 17.6. The Labute approximate surface area is 171 Å². The minimum atomic E-state index is -0.963. The number of benzene rings is 2. The van der Waals surface area contributed by atoms with Crippen molar-refractivity contribution < 1.29 is 19.0 Å². The Kier molecular flexibility index (Phi) is 7.28. The number of rotatable bonds is 5. The number of para-hydroxylation sites is 1. The van der Waals surface area contributed by atoms with Crippen molar-refractivity contribution in [2.24, 2.45) is 0 Å². The average Bonchev–Trinajstić information content (AvgIpc) is 2.74. The van der Waals surface area contributed by atoms with Gasteiger partial charge in [0.05, 0.1) is 13.2 Å². The maximum Gasteiger partial charge on any atom is 0.289 e. The van der Waals surface area contributed by atoms with Gasteiger partial charge in [-0.3, -0.25) is 9.69 Å². The van der Waals surface area contributed by atoms with E-state index < -0.39 is 6.29 Å². The van der Waals surface area contributed by atoms with Gasteiger partial charge < -0.3 is 19.5 Å². The number of fused-ring (bicyclic) bond motifs is 1. The smallest absolute Gasteiger partial charge is 0.289 e. The van der Waals surface area contributed by atoms with Gasteiger partial charge in [0.2, 0.25) is 0 Å². The number of hydrogen-bond donors (Lipinski definition) is 1. The fourth-order valence-electron chi connectivity index (χ4n) is 3.39. The third-order valence-electron chi connectivity index (χ3n) is 4.84. The second-order valence-electron chi connectivity index (χ2n) is 6.66. The van der Waals surface area contributed by atoms with Crippen molar-refractivity contribution in [2.45, 2.75) is 12.4 Å². The zero-order chi connectivity index (χ0) is 18.5. The molecule has 0 bridgehead atoms. The molecule has 150 valence electrons. The molecule has 1 fully saturated rings. The molecule has 0 aromatic heterocycles. The number of nitrogens with zero attached hydrogens (tertiary/aromatic N) is 1. The van der Waals surface area contributed by atoms with Gasteiger partial charge in [0, 0.05) is 31.7 Å². The highest BCUT2D eigenvalue weighted by Gasteiger charge is 2.34. The van der Waals surface area contributed by atoms with E-state index in [1.807, 2.05) is 54.6 Å². The molecule has 28 heavy (non-hydrogen) atoms. The van der Waals surface area contributed by atoms with Crippen molar-refractivity contribution in [1.29, 1.82) is 0 Å². The number of morpholine rings is 1. The molecule has 0 radical (unpaired) electrons. The SMILES string of the molecule is Cl.O=C(NCCN1CCOCC1)[C@H]1Oc2ccccc2[C@H](c2ccccc2)O1. The highest BCUT2D eigenvalue weighted by molar-refractivity contribution is 5.85. The van der Waals surface area contributed by atoms with Crippen molar-refractivity contribution >= 4 is 18.3 Å². The molecule has 1 saturated heterocycles. The van der Waals surface area contributed by atoms with Crippen LogP contribution in [0.15, 0.2) is 54.6 Å². The van der Waals surface area contributed by atoms with E-state index in [9.17, 15) is 4.79 Å². The van der Waals surface area contributed by atoms with E-state index in [4.69, 9.17) is 14.2 Å². The predicted octanol–water partition coefficient (Wildman–Crippen LogP) is 2.38. The number of hydrogen-bond acceptors (Lipinski definition) is 5. The Morgan fingerprint density at radius 3 is 2.54 bits per heavy atom. The van der Waals surface area contributed by atoms with Gasteiger partial charge >= 0.3 is 0 Å². The summed E-state index contributed by atoms with van der Waals surface area (Å²) < 4.78 is 17.2. The Morgan fingerprint density at radius 2 is 1.75 bits per heavy atom. The molecule has 2 atom stereocenters. The van der Waals surface area contributed by atoms with Gasteiger partial charge in [0.1, 0.15) is 11.9 Å². The van der Waals surface area contributed by atoms with E-state index in [1.165, 1.54) is 0 Å². The zero-order valence-electron chi connectivity index (χ0n) is 15.6. The van der Waals surface area contributed by atoms with Crippen LogP contribution in [0, 0.1) is 0 Å². The minimum Gasteiger partial charge on any atom is -0.455 e. The molecule has 2 aromatic rings. The van der Waals surface area contributed by atoms with Crippen LogP contribution in [0.2, 0.25) is 0 Å². The molecule has 6 nitrogen and oxygen atoms in total. The standard InChI is InChI=1S/C21H24N2O4.ClH/c24-20(22-10-11-23-12-14-25-15-13-23)21-26-18-9-5-4-8-17(18)19(27-21)16-6-2-1-3-7-16;/h1-9,19,21H,10-15H2,(H,22,24);1H/t19-,21-;/m0./s1. The molecule has 0 aliphatic carbocycles.